The fourth-order valence-electron chi connectivity index (χ4n) is 2.36. The monoisotopic (exact) mass is 247 g/mol. The Labute approximate surface area is 111 Å². The van der Waals surface area contributed by atoms with E-state index in [1.807, 2.05) is 12.4 Å². The van der Waals surface area contributed by atoms with Crippen LogP contribution in [0.5, 0.6) is 0 Å². The van der Waals surface area contributed by atoms with Crippen LogP contribution in [0.3, 0.4) is 0 Å². The standard InChI is InChI=1S/C15H25N3/c1-12-6-8-18(11-12)14-10-16-7-5-13(14)9-17-15(2,3)4/h5,7,10,12,17H,6,8-9,11H2,1-4H3. The zero-order valence-electron chi connectivity index (χ0n) is 12.0. The molecule has 1 aromatic rings. The quantitative estimate of drug-likeness (QED) is 0.890. The van der Waals surface area contributed by atoms with Gasteiger partial charge in [-0.1, -0.05) is 6.92 Å². The third kappa shape index (κ3) is 3.45. The largest absolute Gasteiger partial charge is 0.370 e. The van der Waals surface area contributed by atoms with E-state index in [-0.39, 0.29) is 5.54 Å². The lowest BCUT2D eigenvalue weighted by Gasteiger charge is -2.25. The molecule has 1 aliphatic rings. The van der Waals surface area contributed by atoms with E-state index in [0.717, 1.165) is 25.6 Å². The minimum Gasteiger partial charge on any atom is -0.370 e. The predicted molar refractivity (Wildman–Crippen MR) is 76.8 cm³/mol. The lowest BCUT2D eigenvalue weighted by Crippen LogP contribution is -2.35. The average molecular weight is 247 g/mol. The molecule has 1 N–H and O–H groups in total. The van der Waals surface area contributed by atoms with E-state index in [2.05, 4.69) is 49.0 Å². The molecule has 0 aromatic carbocycles. The molecule has 2 rings (SSSR count). The highest BCUT2D eigenvalue weighted by molar-refractivity contribution is 5.52. The van der Waals surface area contributed by atoms with Crippen molar-refractivity contribution >= 4 is 5.69 Å². The van der Waals surface area contributed by atoms with E-state index in [1.165, 1.54) is 17.7 Å². The van der Waals surface area contributed by atoms with Crippen molar-refractivity contribution in [1.29, 1.82) is 0 Å². The minimum absolute atomic E-state index is 0.152. The summed E-state index contributed by atoms with van der Waals surface area (Å²) < 4.78 is 0. The van der Waals surface area contributed by atoms with Gasteiger partial charge >= 0.3 is 0 Å². The zero-order valence-corrected chi connectivity index (χ0v) is 12.0. The van der Waals surface area contributed by atoms with Crippen LogP contribution >= 0.6 is 0 Å². The Balaban J connectivity index is 2.10. The summed E-state index contributed by atoms with van der Waals surface area (Å²) in [6.45, 7) is 12.2. The van der Waals surface area contributed by atoms with E-state index in [9.17, 15) is 0 Å². The van der Waals surface area contributed by atoms with E-state index in [4.69, 9.17) is 0 Å². The SMILES string of the molecule is CC1CCN(c2cnccc2CNC(C)(C)C)C1. The first-order chi connectivity index (χ1) is 8.46. The van der Waals surface area contributed by atoms with Crippen molar-refractivity contribution in [3.8, 4) is 0 Å². The van der Waals surface area contributed by atoms with E-state index in [0.29, 0.717) is 0 Å². The first-order valence-electron chi connectivity index (χ1n) is 6.88. The Kier molecular flexibility index (Phi) is 3.91. The Morgan fingerprint density at radius 2 is 2.22 bits per heavy atom. The fraction of sp³-hybridized carbons (Fsp3) is 0.667. The van der Waals surface area contributed by atoms with Crippen molar-refractivity contribution in [2.75, 3.05) is 18.0 Å². The van der Waals surface area contributed by atoms with Crippen LogP contribution in [0.2, 0.25) is 0 Å². The van der Waals surface area contributed by atoms with Gasteiger partial charge in [-0.25, -0.2) is 0 Å². The van der Waals surface area contributed by atoms with Crippen LogP contribution in [0, 0.1) is 5.92 Å². The van der Waals surface area contributed by atoms with Crippen LogP contribution in [0.15, 0.2) is 18.5 Å². The number of anilines is 1. The molecule has 0 saturated carbocycles. The molecule has 0 radical (unpaired) electrons. The first kappa shape index (κ1) is 13.3. The number of nitrogens with one attached hydrogen (secondary N) is 1. The van der Waals surface area contributed by atoms with Crippen molar-refractivity contribution in [1.82, 2.24) is 10.3 Å². The van der Waals surface area contributed by atoms with Crippen LogP contribution in [0.1, 0.15) is 39.7 Å². The van der Waals surface area contributed by atoms with Crippen molar-refractivity contribution in [2.45, 2.75) is 46.2 Å². The third-order valence-electron chi connectivity index (χ3n) is 3.46. The van der Waals surface area contributed by atoms with Gasteiger partial charge in [-0.3, -0.25) is 4.98 Å². The third-order valence-corrected chi connectivity index (χ3v) is 3.46. The Morgan fingerprint density at radius 1 is 1.44 bits per heavy atom. The maximum atomic E-state index is 4.29. The van der Waals surface area contributed by atoms with Crippen LogP contribution in [-0.4, -0.2) is 23.6 Å². The van der Waals surface area contributed by atoms with Crippen molar-refractivity contribution in [2.24, 2.45) is 5.92 Å². The number of aromatic nitrogens is 1. The smallest absolute Gasteiger partial charge is 0.0598 e. The Morgan fingerprint density at radius 3 is 2.83 bits per heavy atom. The van der Waals surface area contributed by atoms with Gasteiger partial charge in [0.15, 0.2) is 0 Å². The summed E-state index contributed by atoms with van der Waals surface area (Å²) in [5, 5.41) is 3.56. The summed E-state index contributed by atoms with van der Waals surface area (Å²) in [5.74, 6) is 0.800. The van der Waals surface area contributed by atoms with Crippen molar-refractivity contribution < 1.29 is 0 Å². The Bertz CT molecular complexity index is 395. The van der Waals surface area contributed by atoms with Crippen LogP contribution in [-0.2, 0) is 6.54 Å². The summed E-state index contributed by atoms with van der Waals surface area (Å²) in [6.07, 6.45) is 5.20. The van der Waals surface area contributed by atoms with Crippen LogP contribution in [0.25, 0.3) is 0 Å². The number of hydrogen-bond donors (Lipinski definition) is 1. The molecule has 1 atom stereocenters. The molecule has 0 bridgehead atoms. The van der Waals surface area contributed by atoms with Crippen molar-refractivity contribution in [3.63, 3.8) is 0 Å². The summed E-state index contributed by atoms with van der Waals surface area (Å²) >= 11 is 0. The van der Waals surface area contributed by atoms with Gasteiger partial charge in [0.1, 0.15) is 0 Å². The molecule has 3 heteroatoms. The lowest BCUT2D eigenvalue weighted by molar-refractivity contribution is 0.424. The molecular weight excluding hydrogens is 222 g/mol. The Hall–Kier alpha value is -1.09. The van der Waals surface area contributed by atoms with Gasteiger partial charge in [-0.15, -0.1) is 0 Å². The summed E-state index contributed by atoms with van der Waals surface area (Å²) in [4.78, 5) is 6.76. The van der Waals surface area contributed by atoms with Gasteiger partial charge in [0, 0.05) is 31.4 Å². The molecule has 100 valence electrons. The van der Waals surface area contributed by atoms with Gasteiger partial charge in [-0.2, -0.15) is 0 Å². The number of nitrogens with zero attached hydrogens (tertiary/aromatic N) is 2. The van der Waals surface area contributed by atoms with Gasteiger partial charge in [0.05, 0.1) is 11.9 Å². The molecule has 18 heavy (non-hydrogen) atoms. The molecule has 1 aromatic heterocycles. The van der Waals surface area contributed by atoms with Gasteiger partial charge in [-0.05, 0) is 44.7 Å². The van der Waals surface area contributed by atoms with E-state index >= 15 is 0 Å². The average Bonchev–Trinajstić information content (AvgIpc) is 2.72. The topological polar surface area (TPSA) is 28.2 Å². The summed E-state index contributed by atoms with van der Waals surface area (Å²) in [5.41, 5.74) is 2.81. The molecule has 2 heterocycles. The molecule has 1 fully saturated rings. The first-order valence-corrected chi connectivity index (χ1v) is 6.88. The molecule has 0 amide bonds. The number of rotatable bonds is 3. The van der Waals surface area contributed by atoms with Crippen LogP contribution in [0.4, 0.5) is 5.69 Å². The molecule has 0 aliphatic carbocycles. The lowest BCUT2D eigenvalue weighted by atomic mass is 10.1. The number of hydrogen-bond acceptors (Lipinski definition) is 3. The highest BCUT2D eigenvalue weighted by Crippen LogP contribution is 2.26. The highest BCUT2D eigenvalue weighted by Gasteiger charge is 2.21. The van der Waals surface area contributed by atoms with Gasteiger partial charge in [0.2, 0.25) is 0 Å². The molecule has 1 aliphatic heterocycles. The second-order valence-corrected chi connectivity index (χ2v) is 6.45. The predicted octanol–water partition coefficient (Wildman–Crippen LogP) is 2.82. The maximum Gasteiger partial charge on any atom is 0.0598 e. The second-order valence-electron chi connectivity index (χ2n) is 6.45. The zero-order chi connectivity index (χ0) is 13.2. The molecule has 1 unspecified atom stereocenters. The number of pyridine rings is 1. The van der Waals surface area contributed by atoms with E-state index in [1.54, 1.807) is 0 Å². The molecular formula is C15H25N3. The maximum absolute atomic E-state index is 4.29. The molecule has 3 nitrogen and oxygen atoms in total. The fourth-order valence-corrected chi connectivity index (χ4v) is 2.36. The van der Waals surface area contributed by atoms with Crippen LogP contribution < -0.4 is 10.2 Å². The highest BCUT2D eigenvalue weighted by atomic mass is 15.2. The van der Waals surface area contributed by atoms with E-state index < -0.39 is 0 Å². The normalized spacial score (nSPS) is 20.4. The summed E-state index contributed by atoms with van der Waals surface area (Å²) in [6, 6.07) is 2.14. The van der Waals surface area contributed by atoms with Gasteiger partial charge < -0.3 is 10.2 Å². The van der Waals surface area contributed by atoms with Gasteiger partial charge in [0.25, 0.3) is 0 Å². The van der Waals surface area contributed by atoms with Crippen molar-refractivity contribution in [3.05, 3.63) is 24.0 Å². The molecule has 0 spiro atoms. The second kappa shape index (κ2) is 5.27. The minimum atomic E-state index is 0.152. The molecule has 1 saturated heterocycles. The summed E-state index contributed by atoms with van der Waals surface area (Å²) in [7, 11) is 0.